The molecule has 5 atom stereocenters. The van der Waals surface area contributed by atoms with Gasteiger partial charge in [-0.3, -0.25) is 4.79 Å². The van der Waals surface area contributed by atoms with Gasteiger partial charge < -0.3 is 13.9 Å². The van der Waals surface area contributed by atoms with Crippen molar-refractivity contribution in [3.63, 3.8) is 0 Å². The fourth-order valence-corrected chi connectivity index (χ4v) is 7.19. The van der Waals surface area contributed by atoms with E-state index in [0.29, 0.717) is 18.4 Å². The van der Waals surface area contributed by atoms with Crippen LogP contribution in [0.4, 0.5) is 0 Å². The third-order valence-electron chi connectivity index (χ3n) is 9.40. The van der Waals surface area contributed by atoms with Gasteiger partial charge in [0.2, 0.25) is 0 Å². The van der Waals surface area contributed by atoms with E-state index >= 15 is 0 Å². The maximum atomic E-state index is 13.3. The van der Waals surface area contributed by atoms with Crippen LogP contribution < -0.4 is 0 Å². The molecule has 2 fully saturated rings. The van der Waals surface area contributed by atoms with Crippen LogP contribution in [0.5, 0.6) is 0 Å². The summed E-state index contributed by atoms with van der Waals surface area (Å²) in [4.78, 5) is 25.5. The van der Waals surface area contributed by atoms with Gasteiger partial charge >= 0.3 is 11.9 Å². The van der Waals surface area contributed by atoms with Crippen molar-refractivity contribution in [2.45, 2.75) is 82.9 Å². The Kier molecular flexibility index (Phi) is 9.38. The molecule has 0 aromatic heterocycles. The van der Waals surface area contributed by atoms with Crippen LogP contribution in [0.15, 0.2) is 97.1 Å². The maximum Gasteiger partial charge on any atom is 0.338 e. The van der Waals surface area contributed by atoms with Crippen LogP contribution in [0.3, 0.4) is 0 Å². The average Bonchev–Trinajstić information content (AvgIpc) is 3.50. The number of aryl methyl sites for hydroxylation is 1. The second-order valence-corrected chi connectivity index (χ2v) is 18.2. The van der Waals surface area contributed by atoms with E-state index in [1.165, 1.54) is 5.56 Å². The van der Waals surface area contributed by atoms with E-state index in [4.69, 9.17) is 13.9 Å². The van der Waals surface area contributed by atoms with Gasteiger partial charge in [-0.25, -0.2) is 4.79 Å². The smallest absolute Gasteiger partial charge is 0.338 e. The minimum atomic E-state index is -2.05. The summed E-state index contributed by atoms with van der Waals surface area (Å²) in [6.45, 7) is 11.3. The van der Waals surface area contributed by atoms with E-state index in [2.05, 4.69) is 70.3 Å². The van der Waals surface area contributed by atoms with Crippen molar-refractivity contribution in [1.82, 2.24) is 0 Å². The lowest BCUT2D eigenvalue weighted by atomic mass is 9.91. The Labute approximate surface area is 257 Å². The van der Waals surface area contributed by atoms with Crippen LogP contribution in [-0.2, 0) is 25.1 Å². The molecule has 0 bridgehead atoms. The summed E-state index contributed by atoms with van der Waals surface area (Å²) in [6, 6.07) is 28.1. The minimum absolute atomic E-state index is 0.00958. The van der Waals surface area contributed by atoms with Gasteiger partial charge in [0.05, 0.1) is 18.1 Å². The van der Waals surface area contributed by atoms with E-state index in [0.717, 1.165) is 24.0 Å². The first kappa shape index (κ1) is 31.0. The molecule has 3 aromatic carbocycles. The summed E-state index contributed by atoms with van der Waals surface area (Å²) in [5.74, 6) is -0.656. The molecule has 0 radical (unpaired) electrons. The van der Waals surface area contributed by atoms with Crippen molar-refractivity contribution in [3.05, 3.63) is 108 Å². The second-order valence-electron chi connectivity index (χ2n) is 13.4. The van der Waals surface area contributed by atoms with Crippen molar-refractivity contribution in [1.29, 1.82) is 0 Å². The Bertz CT molecular complexity index is 1410. The summed E-state index contributed by atoms with van der Waals surface area (Å²) in [6.07, 6.45) is 6.23. The lowest BCUT2D eigenvalue weighted by Crippen LogP contribution is -2.43. The van der Waals surface area contributed by atoms with Gasteiger partial charge in [0.1, 0.15) is 12.2 Å². The SMILES string of the molecule is CC(C)(C)[Si](C)(C)O[C@@H](C=C[C@@H]1[C@H]2CC(=O)O[C@H]2C[C@H]1OC(=O)c1ccc(-c2ccccc2)cc1)CCc1ccccc1. The van der Waals surface area contributed by atoms with Crippen LogP contribution >= 0.6 is 0 Å². The molecule has 1 saturated heterocycles. The number of ether oxygens (including phenoxy) is 2. The fourth-order valence-electron chi connectivity index (χ4n) is 5.88. The molecule has 0 N–H and O–H groups in total. The molecule has 0 amide bonds. The standard InChI is InChI=1S/C37H44O5Si/c1-37(2,3)43(4,5)42-30(21-16-26-12-8-6-9-13-26)22-23-31-32-24-35(38)40-34(32)25-33(31)41-36(39)29-19-17-28(18-20-29)27-14-10-7-11-15-27/h6-15,17-20,22-23,30-34H,16,21,24-25H2,1-5H3/t30-,31-,32-,33-,34+/m1/s1. The number of hydrogen-bond donors (Lipinski definition) is 0. The Morgan fingerprint density at radius 2 is 1.58 bits per heavy atom. The molecular formula is C37H44O5Si. The molecule has 0 unspecified atom stereocenters. The first-order chi connectivity index (χ1) is 20.5. The third kappa shape index (κ3) is 7.54. The fraction of sp³-hybridized carbons (Fsp3) is 0.405. The van der Waals surface area contributed by atoms with E-state index in [9.17, 15) is 9.59 Å². The molecule has 226 valence electrons. The van der Waals surface area contributed by atoms with Crippen LogP contribution in [0.25, 0.3) is 11.1 Å². The Morgan fingerprint density at radius 1 is 0.953 bits per heavy atom. The first-order valence-corrected chi connectivity index (χ1v) is 18.4. The maximum absolute atomic E-state index is 13.3. The minimum Gasteiger partial charge on any atom is -0.462 e. The molecule has 5 rings (SSSR count). The van der Waals surface area contributed by atoms with Gasteiger partial charge in [0, 0.05) is 18.3 Å². The number of carbonyl (C=O) groups is 2. The van der Waals surface area contributed by atoms with Gasteiger partial charge in [-0.05, 0) is 59.8 Å². The highest BCUT2D eigenvalue weighted by atomic mass is 28.4. The summed E-state index contributed by atoms with van der Waals surface area (Å²) in [7, 11) is -2.05. The Morgan fingerprint density at radius 3 is 2.23 bits per heavy atom. The summed E-state index contributed by atoms with van der Waals surface area (Å²) >= 11 is 0. The second kappa shape index (κ2) is 13.0. The predicted octanol–water partition coefficient (Wildman–Crippen LogP) is 8.41. The van der Waals surface area contributed by atoms with E-state index in [1.54, 1.807) is 0 Å². The lowest BCUT2D eigenvalue weighted by molar-refractivity contribution is -0.141. The quantitative estimate of drug-likeness (QED) is 0.134. The summed E-state index contributed by atoms with van der Waals surface area (Å²) in [5.41, 5.74) is 3.93. The molecule has 1 saturated carbocycles. The van der Waals surface area contributed by atoms with Crippen LogP contribution in [0.2, 0.25) is 18.1 Å². The number of carbonyl (C=O) groups excluding carboxylic acids is 2. The highest BCUT2D eigenvalue weighted by Gasteiger charge is 2.51. The van der Waals surface area contributed by atoms with Crippen LogP contribution in [-0.4, -0.2) is 38.6 Å². The van der Waals surface area contributed by atoms with E-state index in [1.807, 2.05) is 60.7 Å². The molecule has 6 heteroatoms. The number of esters is 2. The molecule has 1 heterocycles. The van der Waals surface area contributed by atoms with E-state index < -0.39 is 8.32 Å². The molecule has 0 spiro atoms. The molecule has 5 nitrogen and oxygen atoms in total. The zero-order valence-electron chi connectivity index (χ0n) is 26.0. The zero-order valence-corrected chi connectivity index (χ0v) is 27.0. The monoisotopic (exact) mass is 596 g/mol. The molecule has 1 aliphatic heterocycles. The summed E-state index contributed by atoms with van der Waals surface area (Å²) < 4.78 is 18.7. The number of benzene rings is 3. The molecular weight excluding hydrogens is 552 g/mol. The Balaban J connectivity index is 1.33. The van der Waals surface area contributed by atoms with Crippen molar-refractivity contribution in [2.75, 3.05) is 0 Å². The van der Waals surface area contributed by atoms with Gasteiger partial charge in [-0.15, -0.1) is 0 Å². The van der Waals surface area contributed by atoms with Gasteiger partial charge in [0.25, 0.3) is 0 Å². The van der Waals surface area contributed by atoms with Gasteiger partial charge in [-0.1, -0.05) is 106 Å². The zero-order chi connectivity index (χ0) is 30.6. The van der Waals surface area contributed by atoms with Gasteiger partial charge in [-0.2, -0.15) is 0 Å². The molecule has 2 aliphatic rings. The van der Waals surface area contributed by atoms with Crippen molar-refractivity contribution >= 4 is 20.3 Å². The van der Waals surface area contributed by atoms with Crippen LogP contribution in [0.1, 0.15) is 56.0 Å². The average molecular weight is 597 g/mol. The Hall–Kier alpha value is -3.48. The highest BCUT2D eigenvalue weighted by molar-refractivity contribution is 6.74. The van der Waals surface area contributed by atoms with E-state index in [-0.39, 0.29) is 47.1 Å². The number of rotatable bonds is 10. The lowest BCUT2D eigenvalue weighted by Gasteiger charge is -2.39. The highest BCUT2D eigenvalue weighted by Crippen LogP contribution is 2.44. The number of fused-ring (bicyclic) bond motifs is 1. The van der Waals surface area contributed by atoms with Crippen molar-refractivity contribution < 1.29 is 23.5 Å². The number of hydrogen-bond acceptors (Lipinski definition) is 5. The normalized spacial score (nSPS) is 22.8. The topological polar surface area (TPSA) is 61.8 Å². The third-order valence-corrected chi connectivity index (χ3v) is 13.9. The largest absolute Gasteiger partial charge is 0.462 e. The molecule has 1 aliphatic carbocycles. The summed E-state index contributed by atoms with van der Waals surface area (Å²) in [5, 5.41) is 0.0735. The van der Waals surface area contributed by atoms with Crippen LogP contribution in [0, 0.1) is 11.8 Å². The van der Waals surface area contributed by atoms with Crippen molar-refractivity contribution in [2.24, 2.45) is 11.8 Å². The first-order valence-electron chi connectivity index (χ1n) is 15.5. The molecule has 3 aromatic rings. The van der Waals surface area contributed by atoms with Crippen molar-refractivity contribution in [3.8, 4) is 11.1 Å². The predicted molar refractivity (Wildman–Crippen MR) is 173 cm³/mol. The molecule has 43 heavy (non-hydrogen) atoms. The van der Waals surface area contributed by atoms with Gasteiger partial charge in [0.15, 0.2) is 8.32 Å².